The summed E-state index contributed by atoms with van der Waals surface area (Å²) in [5.41, 5.74) is 7.33. The fraction of sp³-hybridized carbons (Fsp3) is 0.0526. The van der Waals surface area contributed by atoms with Crippen LogP contribution in [0.2, 0.25) is 0 Å². The lowest BCUT2D eigenvalue weighted by Gasteiger charge is -2.05. The van der Waals surface area contributed by atoms with Crippen LogP contribution in [-0.4, -0.2) is 16.2 Å². The summed E-state index contributed by atoms with van der Waals surface area (Å²) in [6.45, 7) is 2.08. The third-order valence-corrected chi connectivity index (χ3v) is 3.93. The van der Waals surface area contributed by atoms with Gasteiger partial charge in [0.05, 0.1) is 11.7 Å². The van der Waals surface area contributed by atoms with Crippen LogP contribution in [0, 0.1) is 6.92 Å². The van der Waals surface area contributed by atoms with Crippen molar-refractivity contribution in [1.82, 2.24) is 9.97 Å². The Balaban J connectivity index is 1.61. The second-order valence-corrected chi connectivity index (χ2v) is 5.50. The first kappa shape index (κ1) is 13.5. The predicted octanol–water partition coefficient (Wildman–Crippen LogP) is 4.47. The molecule has 0 aliphatic heterocycles. The molecule has 4 aromatic rings. The van der Waals surface area contributed by atoms with Gasteiger partial charge in [0.25, 0.3) is 0 Å². The number of aromatic amines is 1. The lowest BCUT2D eigenvalue weighted by molar-refractivity contribution is 1.25. The maximum atomic E-state index is 4.58. The molecule has 4 rings (SSSR count). The molecule has 0 aliphatic rings. The Bertz CT molecular complexity index is 1010. The molecule has 2 heterocycles. The van der Waals surface area contributed by atoms with E-state index in [1.54, 1.807) is 0 Å². The lowest BCUT2D eigenvalue weighted by atomic mass is 10.1. The number of aromatic nitrogens is 2. The van der Waals surface area contributed by atoms with Gasteiger partial charge >= 0.3 is 0 Å². The molecule has 2 N–H and O–H groups in total. The van der Waals surface area contributed by atoms with Gasteiger partial charge in [-0.2, -0.15) is 5.10 Å². The second-order valence-electron chi connectivity index (χ2n) is 5.50. The Labute approximate surface area is 133 Å². The van der Waals surface area contributed by atoms with E-state index in [-0.39, 0.29) is 0 Å². The van der Waals surface area contributed by atoms with E-state index in [1.165, 1.54) is 10.9 Å². The zero-order chi connectivity index (χ0) is 15.6. The minimum atomic E-state index is 0.747. The summed E-state index contributed by atoms with van der Waals surface area (Å²) in [6.07, 6.45) is 3.76. The van der Waals surface area contributed by atoms with E-state index in [2.05, 4.69) is 39.6 Å². The fourth-order valence-corrected chi connectivity index (χ4v) is 2.78. The van der Waals surface area contributed by atoms with Gasteiger partial charge in [-0.05, 0) is 30.7 Å². The third kappa shape index (κ3) is 2.55. The van der Waals surface area contributed by atoms with Crippen LogP contribution in [0.4, 0.5) is 5.82 Å². The number of nitrogens with zero attached hydrogens (tertiary/aromatic N) is 2. The Hall–Kier alpha value is -3.14. The maximum Gasteiger partial charge on any atom is 0.147 e. The molecule has 2 aromatic heterocycles. The van der Waals surface area contributed by atoms with E-state index in [9.17, 15) is 0 Å². The summed E-state index contributed by atoms with van der Waals surface area (Å²) < 4.78 is 0. The number of benzene rings is 2. The smallest absolute Gasteiger partial charge is 0.147 e. The number of fused-ring (bicyclic) bond motifs is 2. The minimum Gasteiger partial charge on any atom is -0.361 e. The number of hydrogen-bond donors (Lipinski definition) is 2. The molecule has 0 saturated heterocycles. The van der Waals surface area contributed by atoms with Crippen LogP contribution >= 0.6 is 0 Å². The Morgan fingerprint density at radius 3 is 2.74 bits per heavy atom. The van der Waals surface area contributed by atoms with Crippen molar-refractivity contribution in [2.75, 3.05) is 5.43 Å². The molecule has 4 nitrogen and oxygen atoms in total. The minimum absolute atomic E-state index is 0.747. The van der Waals surface area contributed by atoms with Crippen LogP contribution in [0.5, 0.6) is 0 Å². The van der Waals surface area contributed by atoms with E-state index in [0.29, 0.717) is 0 Å². The first-order valence-corrected chi connectivity index (χ1v) is 7.53. The lowest BCUT2D eigenvalue weighted by Crippen LogP contribution is -1.95. The highest BCUT2D eigenvalue weighted by Gasteiger charge is 2.02. The van der Waals surface area contributed by atoms with Crippen LogP contribution in [0.25, 0.3) is 21.8 Å². The first-order valence-electron chi connectivity index (χ1n) is 7.53. The summed E-state index contributed by atoms with van der Waals surface area (Å²) in [5.74, 6) is 0.747. The van der Waals surface area contributed by atoms with Crippen LogP contribution in [-0.2, 0) is 0 Å². The molecule has 0 aliphatic carbocycles. The zero-order valence-electron chi connectivity index (χ0n) is 12.7. The molecule has 0 spiro atoms. The number of pyridine rings is 1. The molecule has 23 heavy (non-hydrogen) atoms. The third-order valence-electron chi connectivity index (χ3n) is 3.93. The van der Waals surface area contributed by atoms with Gasteiger partial charge < -0.3 is 4.98 Å². The van der Waals surface area contributed by atoms with Crippen LogP contribution < -0.4 is 5.43 Å². The average Bonchev–Trinajstić information content (AvgIpc) is 2.98. The number of rotatable bonds is 3. The van der Waals surface area contributed by atoms with Crippen molar-refractivity contribution < 1.29 is 0 Å². The standard InChI is InChI=1S/C19H16N4/c1-13-10-19(22-18-9-5-2-6-15(13)18)23-21-12-14-11-20-17-8-4-3-7-16(14)17/h2-12,20H,1H3,(H,22,23)/b21-12+. The molecule has 0 fully saturated rings. The van der Waals surface area contributed by atoms with Gasteiger partial charge in [-0.3, -0.25) is 5.43 Å². The number of hydrazone groups is 1. The van der Waals surface area contributed by atoms with E-state index in [0.717, 1.165) is 27.8 Å². The molecule has 2 aromatic carbocycles. The molecule has 0 amide bonds. The van der Waals surface area contributed by atoms with Crippen LogP contribution in [0.1, 0.15) is 11.1 Å². The number of aryl methyl sites for hydroxylation is 1. The summed E-state index contributed by atoms with van der Waals surface area (Å²) >= 11 is 0. The van der Waals surface area contributed by atoms with Crippen molar-refractivity contribution in [3.63, 3.8) is 0 Å². The number of hydrogen-bond acceptors (Lipinski definition) is 3. The maximum absolute atomic E-state index is 4.58. The molecule has 0 saturated carbocycles. The highest BCUT2D eigenvalue weighted by atomic mass is 15.3. The Kier molecular flexibility index (Phi) is 3.27. The molecular formula is C19H16N4. The molecule has 0 unspecified atom stereocenters. The average molecular weight is 300 g/mol. The fourth-order valence-electron chi connectivity index (χ4n) is 2.78. The SMILES string of the molecule is Cc1cc(N/N=C/c2c[nH]c3ccccc23)nc2ccccc12. The van der Waals surface area contributed by atoms with Gasteiger partial charge in [0.15, 0.2) is 0 Å². The quantitative estimate of drug-likeness (QED) is 0.433. The molecular weight excluding hydrogens is 284 g/mol. The van der Waals surface area contributed by atoms with Gasteiger partial charge in [0, 0.05) is 28.0 Å². The van der Waals surface area contributed by atoms with Gasteiger partial charge in [-0.15, -0.1) is 0 Å². The van der Waals surface area contributed by atoms with Crippen molar-refractivity contribution in [1.29, 1.82) is 0 Å². The van der Waals surface area contributed by atoms with Crippen molar-refractivity contribution in [3.8, 4) is 0 Å². The summed E-state index contributed by atoms with van der Waals surface area (Å²) in [7, 11) is 0. The van der Waals surface area contributed by atoms with E-state index < -0.39 is 0 Å². The topological polar surface area (TPSA) is 53.1 Å². The van der Waals surface area contributed by atoms with Gasteiger partial charge in [-0.25, -0.2) is 4.98 Å². The van der Waals surface area contributed by atoms with Crippen LogP contribution in [0.15, 0.2) is 65.9 Å². The van der Waals surface area contributed by atoms with Gasteiger partial charge in [0.1, 0.15) is 5.82 Å². The highest BCUT2D eigenvalue weighted by Crippen LogP contribution is 2.20. The number of para-hydroxylation sites is 2. The molecule has 4 heteroatoms. The van der Waals surface area contributed by atoms with E-state index >= 15 is 0 Å². The number of nitrogens with one attached hydrogen (secondary N) is 2. The molecule has 0 radical (unpaired) electrons. The van der Waals surface area contributed by atoms with E-state index in [4.69, 9.17) is 0 Å². The first-order chi connectivity index (χ1) is 11.3. The van der Waals surface area contributed by atoms with Crippen molar-refractivity contribution in [3.05, 3.63) is 71.9 Å². The highest BCUT2D eigenvalue weighted by molar-refractivity contribution is 5.99. The second kappa shape index (κ2) is 5.57. The molecule has 0 atom stereocenters. The van der Waals surface area contributed by atoms with Crippen molar-refractivity contribution in [2.45, 2.75) is 6.92 Å². The van der Waals surface area contributed by atoms with Gasteiger partial charge in [0.2, 0.25) is 0 Å². The Morgan fingerprint density at radius 2 is 1.83 bits per heavy atom. The summed E-state index contributed by atoms with van der Waals surface area (Å²) in [5, 5.41) is 6.64. The molecule has 112 valence electrons. The predicted molar refractivity (Wildman–Crippen MR) is 96.0 cm³/mol. The van der Waals surface area contributed by atoms with E-state index in [1.807, 2.05) is 54.9 Å². The summed E-state index contributed by atoms with van der Waals surface area (Å²) in [6, 6.07) is 18.3. The zero-order valence-corrected chi connectivity index (χ0v) is 12.7. The van der Waals surface area contributed by atoms with Gasteiger partial charge in [-0.1, -0.05) is 36.4 Å². The van der Waals surface area contributed by atoms with Crippen molar-refractivity contribution in [2.24, 2.45) is 5.10 Å². The normalized spacial score (nSPS) is 11.5. The largest absolute Gasteiger partial charge is 0.361 e. The number of anilines is 1. The monoisotopic (exact) mass is 300 g/mol. The van der Waals surface area contributed by atoms with Crippen molar-refractivity contribution >= 4 is 33.8 Å². The summed E-state index contributed by atoms with van der Waals surface area (Å²) in [4.78, 5) is 7.82. The molecule has 0 bridgehead atoms. The number of H-pyrrole nitrogens is 1. The Morgan fingerprint density at radius 1 is 1.04 bits per heavy atom. The van der Waals surface area contributed by atoms with Crippen LogP contribution in [0.3, 0.4) is 0 Å².